The maximum absolute atomic E-state index is 13.0. The first kappa shape index (κ1) is 19.4. The third-order valence-corrected chi connectivity index (χ3v) is 7.49. The van der Waals surface area contributed by atoms with Gasteiger partial charge in [0.15, 0.2) is 0 Å². The molecular formula is C20H27N3O4S. The van der Waals surface area contributed by atoms with Crippen molar-refractivity contribution in [3.63, 3.8) is 0 Å². The molecule has 1 aliphatic carbocycles. The van der Waals surface area contributed by atoms with Crippen molar-refractivity contribution in [2.24, 2.45) is 0 Å². The largest absolute Gasteiger partial charge is 0.376 e. The van der Waals surface area contributed by atoms with E-state index in [2.05, 4.69) is 10.3 Å². The molecule has 2 aromatic rings. The van der Waals surface area contributed by atoms with Crippen molar-refractivity contribution in [2.75, 3.05) is 26.7 Å². The monoisotopic (exact) mass is 405 g/mol. The van der Waals surface area contributed by atoms with E-state index in [9.17, 15) is 13.2 Å². The van der Waals surface area contributed by atoms with Gasteiger partial charge in [0.1, 0.15) is 0 Å². The smallest absolute Gasteiger partial charge is 0.243 e. The van der Waals surface area contributed by atoms with Gasteiger partial charge in [0.05, 0.1) is 17.5 Å². The quantitative estimate of drug-likeness (QED) is 0.769. The predicted octanol–water partition coefficient (Wildman–Crippen LogP) is 1.96. The fraction of sp³-hybridized carbons (Fsp3) is 0.550. The van der Waals surface area contributed by atoms with Crippen molar-refractivity contribution in [1.82, 2.24) is 14.6 Å². The maximum atomic E-state index is 13.0. The Morgan fingerprint density at radius 2 is 2.11 bits per heavy atom. The Balaban J connectivity index is 1.48. The van der Waals surface area contributed by atoms with E-state index in [4.69, 9.17) is 4.74 Å². The molecule has 1 fully saturated rings. The molecule has 1 saturated heterocycles. The first-order valence-corrected chi connectivity index (χ1v) is 11.4. The van der Waals surface area contributed by atoms with E-state index >= 15 is 0 Å². The second kappa shape index (κ2) is 7.85. The summed E-state index contributed by atoms with van der Waals surface area (Å²) in [6.07, 6.45) is 6.23. The fourth-order valence-corrected chi connectivity index (χ4v) is 5.26. The summed E-state index contributed by atoms with van der Waals surface area (Å²) < 4.78 is 32.5. The van der Waals surface area contributed by atoms with Crippen LogP contribution >= 0.6 is 0 Å². The number of H-pyrrole nitrogens is 1. The number of nitrogens with one attached hydrogen (secondary N) is 2. The summed E-state index contributed by atoms with van der Waals surface area (Å²) in [6.45, 7) is 0.937. The highest BCUT2D eigenvalue weighted by atomic mass is 32.2. The SMILES string of the molecule is CN(CC(=O)NCC1CCCO1)S(=O)(=O)c1ccc2[nH]c3c(c2c1)CCCC3. The van der Waals surface area contributed by atoms with Gasteiger partial charge in [-0.25, -0.2) is 8.42 Å². The molecule has 7 nitrogen and oxygen atoms in total. The number of hydrogen-bond donors (Lipinski definition) is 2. The summed E-state index contributed by atoms with van der Waals surface area (Å²) in [5, 5.41) is 3.75. The van der Waals surface area contributed by atoms with Gasteiger partial charge in [0, 0.05) is 36.8 Å². The molecule has 0 bridgehead atoms. The van der Waals surface area contributed by atoms with E-state index in [-0.39, 0.29) is 23.5 Å². The summed E-state index contributed by atoms with van der Waals surface area (Å²) in [5.74, 6) is -0.318. The van der Waals surface area contributed by atoms with Gasteiger partial charge < -0.3 is 15.0 Å². The number of carbonyl (C=O) groups is 1. The summed E-state index contributed by atoms with van der Waals surface area (Å²) in [7, 11) is -2.30. The number of aromatic nitrogens is 1. The number of fused-ring (bicyclic) bond motifs is 3. The number of ether oxygens (including phenoxy) is 1. The molecule has 1 unspecified atom stereocenters. The van der Waals surface area contributed by atoms with E-state index < -0.39 is 10.0 Å². The topological polar surface area (TPSA) is 91.5 Å². The Bertz CT molecular complexity index is 977. The molecule has 2 heterocycles. The van der Waals surface area contributed by atoms with E-state index in [0.717, 1.165) is 60.3 Å². The van der Waals surface area contributed by atoms with Crippen LogP contribution in [-0.2, 0) is 32.4 Å². The Labute approximate surface area is 165 Å². The van der Waals surface area contributed by atoms with Gasteiger partial charge in [-0.2, -0.15) is 4.31 Å². The van der Waals surface area contributed by atoms with Crippen LogP contribution in [0.1, 0.15) is 36.9 Å². The zero-order chi connectivity index (χ0) is 19.7. The Morgan fingerprint density at radius 3 is 2.89 bits per heavy atom. The summed E-state index contributed by atoms with van der Waals surface area (Å²) >= 11 is 0. The van der Waals surface area contributed by atoms with Crippen LogP contribution in [0.25, 0.3) is 10.9 Å². The van der Waals surface area contributed by atoms with Gasteiger partial charge in [-0.1, -0.05) is 0 Å². The number of aryl methyl sites for hydroxylation is 2. The first-order chi connectivity index (χ1) is 13.4. The predicted molar refractivity (Wildman–Crippen MR) is 107 cm³/mol. The highest BCUT2D eigenvalue weighted by molar-refractivity contribution is 7.89. The van der Waals surface area contributed by atoms with Gasteiger partial charge in [-0.3, -0.25) is 4.79 Å². The third-order valence-electron chi connectivity index (χ3n) is 5.69. The van der Waals surface area contributed by atoms with E-state index in [0.29, 0.717) is 6.54 Å². The molecule has 0 radical (unpaired) electrons. The van der Waals surface area contributed by atoms with Gasteiger partial charge in [0.25, 0.3) is 0 Å². The van der Waals surface area contributed by atoms with Crippen molar-refractivity contribution in [3.8, 4) is 0 Å². The van der Waals surface area contributed by atoms with Crippen molar-refractivity contribution >= 4 is 26.8 Å². The molecule has 4 rings (SSSR count). The molecule has 28 heavy (non-hydrogen) atoms. The molecule has 2 N–H and O–H groups in total. The number of likely N-dealkylation sites (N-methyl/N-ethyl adjacent to an activating group) is 1. The lowest BCUT2D eigenvalue weighted by Gasteiger charge is -2.18. The standard InChI is InChI=1S/C20H27N3O4S/c1-23(13-20(24)21-12-14-5-4-10-27-14)28(25,26)15-8-9-19-17(11-15)16-6-2-3-7-18(16)22-19/h8-9,11,14,22H,2-7,10,12-13H2,1H3,(H,21,24). The molecule has 0 spiro atoms. The van der Waals surface area contributed by atoms with E-state index in [1.54, 1.807) is 12.1 Å². The van der Waals surface area contributed by atoms with Crippen molar-refractivity contribution in [2.45, 2.75) is 49.5 Å². The lowest BCUT2D eigenvalue weighted by Crippen LogP contribution is -2.40. The van der Waals surface area contributed by atoms with Gasteiger partial charge in [0.2, 0.25) is 15.9 Å². The Morgan fingerprint density at radius 1 is 1.29 bits per heavy atom. The van der Waals surface area contributed by atoms with Gasteiger partial charge in [-0.15, -0.1) is 0 Å². The Kier molecular flexibility index (Phi) is 5.44. The lowest BCUT2D eigenvalue weighted by atomic mass is 9.96. The van der Waals surface area contributed by atoms with Gasteiger partial charge in [-0.05, 0) is 62.3 Å². The minimum absolute atomic E-state index is 0.0352. The molecule has 0 saturated carbocycles. The average molecular weight is 406 g/mol. The number of nitrogens with zero attached hydrogens (tertiary/aromatic N) is 1. The third kappa shape index (κ3) is 3.81. The maximum Gasteiger partial charge on any atom is 0.243 e. The number of sulfonamides is 1. The van der Waals surface area contributed by atoms with Crippen molar-refractivity contribution in [3.05, 3.63) is 29.5 Å². The molecule has 1 aliphatic heterocycles. The molecule has 152 valence electrons. The molecular weight excluding hydrogens is 378 g/mol. The van der Waals surface area contributed by atoms with Crippen LogP contribution in [0.4, 0.5) is 0 Å². The number of benzene rings is 1. The highest BCUT2D eigenvalue weighted by Crippen LogP contribution is 2.31. The molecule has 1 amide bonds. The molecule has 1 aromatic carbocycles. The molecule has 2 aliphatic rings. The van der Waals surface area contributed by atoms with Crippen LogP contribution in [0.5, 0.6) is 0 Å². The summed E-state index contributed by atoms with van der Waals surface area (Å²) in [4.78, 5) is 15.8. The zero-order valence-electron chi connectivity index (χ0n) is 16.2. The van der Waals surface area contributed by atoms with Crippen LogP contribution in [-0.4, -0.2) is 56.5 Å². The number of aromatic amines is 1. The second-order valence-corrected chi connectivity index (χ2v) is 9.74. The number of rotatable bonds is 6. The minimum Gasteiger partial charge on any atom is -0.376 e. The first-order valence-electron chi connectivity index (χ1n) is 9.93. The number of carbonyl (C=O) groups excluding carboxylic acids is 1. The van der Waals surface area contributed by atoms with Gasteiger partial charge >= 0.3 is 0 Å². The van der Waals surface area contributed by atoms with Crippen molar-refractivity contribution in [1.29, 1.82) is 0 Å². The molecule has 1 aromatic heterocycles. The van der Waals surface area contributed by atoms with Crippen LogP contribution < -0.4 is 5.32 Å². The minimum atomic E-state index is -3.74. The molecule has 8 heteroatoms. The summed E-state index contributed by atoms with van der Waals surface area (Å²) in [5.41, 5.74) is 3.43. The number of hydrogen-bond acceptors (Lipinski definition) is 4. The fourth-order valence-electron chi connectivity index (χ4n) is 4.10. The van der Waals surface area contributed by atoms with Crippen LogP contribution in [0, 0.1) is 0 Å². The average Bonchev–Trinajstić information content (AvgIpc) is 3.33. The van der Waals surface area contributed by atoms with E-state index in [1.807, 2.05) is 6.07 Å². The van der Waals surface area contributed by atoms with Crippen LogP contribution in [0.2, 0.25) is 0 Å². The van der Waals surface area contributed by atoms with E-state index in [1.165, 1.54) is 18.3 Å². The number of amides is 1. The second-order valence-electron chi connectivity index (χ2n) is 7.70. The van der Waals surface area contributed by atoms with Crippen molar-refractivity contribution < 1.29 is 17.9 Å². The summed E-state index contributed by atoms with van der Waals surface area (Å²) in [6, 6.07) is 5.18. The Hall–Kier alpha value is -1.90. The lowest BCUT2D eigenvalue weighted by molar-refractivity contribution is -0.121. The van der Waals surface area contributed by atoms with Crippen LogP contribution in [0.15, 0.2) is 23.1 Å². The molecule has 1 atom stereocenters. The zero-order valence-corrected chi connectivity index (χ0v) is 17.0. The van der Waals surface area contributed by atoms with Crippen LogP contribution in [0.3, 0.4) is 0 Å². The highest BCUT2D eigenvalue weighted by Gasteiger charge is 2.25. The normalized spacial score (nSPS) is 19.9.